The summed E-state index contributed by atoms with van der Waals surface area (Å²) in [6, 6.07) is 31.2. The molecule has 0 bridgehead atoms. The van der Waals surface area contributed by atoms with E-state index in [1.54, 1.807) is 0 Å². The highest BCUT2D eigenvalue weighted by atomic mass is 32.2. The fourth-order valence-electron chi connectivity index (χ4n) is 3.66. The number of benzene rings is 3. The Bertz CT molecular complexity index is 717. The Morgan fingerprint density at radius 2 is 1.00 bits per heavy atom. The van der Waals surface area contributed by atoms with Crippen LogP contribution in [0, 0.1) is 0 Å². The molecule has 0 amide bonds. The molecular weight excluding hydrogens is 308 g/mol. The second kappa shape index (κ2) is 7.27. The quantitative estimate of drug-likeness (QED) is 0.483. The summed E-state index contributed by atoms with van der Waals surface area (Å²) in [6.07, 6.45) is 5.51. The molecule has 0 N–H and O–H groups in total. The van der Waals surface area contributed by atoms with Gasteiger partial charge in [0.2, 0.25) is 0 Å². The molecule has 0 radical (unpaired) electrons. The molecule has 4 rings (SSSR count). The predicted octanol–water partition coefficient (Wildman–Crippen LogP) is 6.44. The Balaban J connectivity index is 1.71. The summed E-state index contributed by atoms with van der Waals surface area (Å²) in [5.74, 6) is 0.786. The van der Waals surface area contributed by atoms with E-state index in [1.807, 2.05) is 0 Å². The molecule has 3 aromatic carbocycles. The van der Waals surface area contributed by atoms with Crippen molar-refractivity contribution in [2.24, 2.45) is 0 Å². The summed E-state index contributed by atoms with van der Waals surface area (Å²) in [5, 5.41) is 0. The molecule has 0 aliphatic heterocycles. The summed E-state index contributed by atoms with van der Waals surface area (Å²) in [5.41, 5.74) is 1.53. The third kappa shape index (κ3) is 3.27. The van der Waals surface area contributed by atoms with Crippen LogP contribution in [0.25, 0.3) is 0 Å². The molecule has 120 valence electrons. The Morgan fingerprint density at radius 1 is 0.542 bits per heavy atom. The van der Waals surface area contributed by atoms with Crippen molar-refractivity contribution in [3.05, 3.63) is 90.5 Å². The van der Waals surface area contributed by atoms with E-state index in [4.69, 9.17) is 0 Å². The van der Waals surface area contributed by atoms with Gasteiger partial charge in [-0.05, 0) is 60.7 Å². The molecule has 3 aromatic rings. The summed E-state index contributed by atoms with van der Waals surface area (Å²) in [6.45, 7) is 0. The molecule has 1 aliphatic carbocycles. The molecule has 0 spiro atoms. The van der Waals surface area contributed by atoms with E-state index in [2.05, 4.69) is 84.9 Å². The molecule has 24 heavy (non-hydrogen) atoms. The normalized spacial score (nSPS) is 15.0. The highest BCUT2D eigenvalue weighted by molar-refractivity contribution is 7.97. The molecule has 0 unspecified atom stereocenters. The van der Waals surface area contributed by atoms with E-state index in [1.165, 1.54) is 45.9 Å². The summed E-state index contributed by atoms with van der Waals surface area (Å²) in [4.78, 5) is 4.18. The van der Waals surface area contributed by atoms with Crippen molar-refractivity contribution in [2.75, 3.05) is 0 Å². The molecule has 1 saturated carbocycles. The van der Waals surface area contributed by atoms with Gasteiger partial charge in [-0.3, -0.25) is 0 Å². The van der Waals surface area contributed by atoms with Crippen molar-refractivity contribution in [1.29, 1.82) is 0 Å². The minimum atomic E-state index is -0.0244. The van der Waals surface area contributed by atoms with Gasteiger partial charge in [-0.15, -0.1) is 0 Å². The van der Waals surface area contributed by atoms with Crippen molar-refractivity contribution < 1.29 is 0 Å². The van der Waals surface area contributed by atoms with Crippen LogP contribution in [0.3, 0.4) is 0 Å². The van der Waals surface area contributed by atoms with Crippen molar-refractivity contribution in [3.8, 4) is 0 Å². The lowest BCUT2D eigenvalue weighted by atomic mass is 9.98. The first-order valence-electron chi connectivity index (χ1n) is 8.86. The van der Waals surface area contributed by atoms with Gasteiger partial charge < -0.3 is 0 Å². The number of rotatable bonds is 4. The fourth-order valence-corrected chi connectivity index (χ4v) is 5.74. The van der Waals surface area contributed by atoms with E-state index in [0.29, 0.717) is 0 Å². The van der Waals surface area contributed by atoms with Crippen LogP contribution in [0.1, 0.15) is 37.2 Å². The van der Waals surface area contributed by atoms with Gasteiger partial charge in [-0.2, -0.15) is 0 Å². The van der Waals surface area contributed by atoms with Crippen LogP contribution >= 0.6 is 0 Å². The van der Waals surface area contributed by atoms with Crippen molar-refractivity contribution in [1.82, 2.24) is 0 Å². The molecular formula is C23H23S+. The van der Waals surface area contributed by atoms with Crippen LogP contribution < -0.4 is 0 Å². The van der Waals surface area contributed by atoms with Gasteiger partial charge in [0.05, 0.1) is 10.9 Å². The Morgan fingerprint density at radius 3 is 1.50 bits per heavy atom. The number of hydrogen-bond acceptors (Lipinski definition) is 0. The van der Waals surface area contributed by atoms with E-state index >= 15 is 0 Å². The first-order chi connectivity index (χ1) is 11.9. The standard InChI is InChI=1S/C23H23S/c1-3-11-21(12-4-1)24(22-13-5-2-6-14-22)23-17-15-20(16-18-23)19-9-7-8-10-19/h1-6,11-19H,7-10H2/q+1. The molecule has 0 aromatic heterocycles. The Hall–Kier alpha value is -1.99. The number of hydrogen-bond donors (Lipinski definition) is 0. The topological polar surface area (TPSA) is 0 Å². The maximum absolute atomic E-state index is 2.37. The molecule has 1 aliphatic rings. The average molecular weight is 332 g/mol. The zero-order valence-corrected chi connectivity index (χ0v) is 14.7. The zero-order chi connectivity index (χ0) is 16.2. The van der Waals surface area contributed by atoms with Gasteiger partial charge in [-0.25, -0.2) is 0 Å². The van der Waals surface area contributed by atoms with E-state index < -0.39 is 0 Å². The van der Waals surface area contributed by atoms with Crippen LogP contribution in [0.2, 0.25) is 0 Å². The van der Waals surface area contributed by atoms with Gasteiger partial charge in [-0.1, -0.05) is 61.4 Å². The lowest BCUT2D eigenvalue weighted by Gasteiger charge is -2.11. The zero-order valence-electron chi connectivity index (χ0n) is 13.9. The Kier molecular flexibility index (Phi) is 4.71. The second-order valence-electron chi connectivity index (χ2n) is 6.48. The van der Waals surface area contributed by atoms with Crippen LogP contribution in [0.4, 0.5) is 0 Å². The molecule has 1 heteroatoms. The van der Waals surface area contributed by atoms with Crippen molar-refractivity contribution in [3.63, 3.8) is 0 Å². The molecule has 0 atom stereocenters. The average Bonchev–Trinajstić information content (AvgIpc) is 3.19. The molecule has 0 nitrogen and oxygen atoms in total. The monoisotopic (exact) mass is 331 g/mol. The van der Waals surface area contributed by atoms with Crippen molar-refractivity contribution in [2.45, 2.75) is 46.3 Å². The lowest BCUT2D eigenvalue weighted by molar-refractivity contribution is 0.722. The smallest absolute Gasteiger partial charge is 0.0619 e. The molecule has 0 saturated heterocycles. The van der Waals surface area contributed by atoms with Crippen LogP contribution in [-0.2, 0) is 10.9 Å². The van der Waals surface area contributed by atoms with Gasteiger partial charge >= 0.3 is 0 Å². The van der Waals surface area contributed by atoms with E-state index in [0.717, 1.165) is 5.92 Å². The second-order valence-corrected chi connectivity index (χ2v) is 8.51. The maximum Gasteiger partial charge on any atom is 0.166 e. The third-order valence-corrected chi connectivity index (χ3v) is 7.13. The van der Waals surface area contributed by atoms with Gasteiger partial charge in [0.1, 0.15) is 0 Å². The van der Waals surface area contributed by atoms with Crippen LogP contribution in [-0.4, -0.2) is 0 Å². The Labute approximate surface area is 147 Å². The molecule has 0 heterocycles. The third-order valence-electron chi connectivity index (χ3n) is 4.90. The lowest BCUT2D eigenvalue weighted by Crippen LogP contribution is -2.05. The largest absolute Gasteiger partial charge is 0.166 e. The highest BCUT2D eigenvalue weighted by Crippen LogP contribution is 2.36. The fraction of sp³-hybridized carbons (Fsp3) is 0.217. The summed E-state index contributed by atoms with van der Waals surface area (Å²) >= 11 is 0. The van der Waals surface area contributed by atoms with Gasteiger partial charge in [0.25, 0.3) is 0 Å². The van der Waals surface area contributed by atoms with Gasteiger partial charge in [0, 0.05) is 0 Å². The van der Waals surface area contributed by atoms with Crippen LogP contribution in [0.15, 0.2) is 99.6 Å². The van der Waals surface area contributed by atoms with Gasteiger partial charge in [0.15, 0.2) is 14.7 Å². The molecule has 1 fully saturated rings. The van der Waals surface area contributed by atoms with E-state index in [-0.39, 0.29) is 10.9 Å². The first-order valence-corrected chi connectivity index (χ1v) is 10.1. The minimum absolute atomic E-state index is 0.0244. The predicted molar refractivity (Wildman–Crippen MR) is 103 cm³/mol. The van der Waals surface area contributed by atoms with Crippen molar-refractivity contribution >= 4 is 10.9 Å². The minimum Gasteiger partial charge on any atom is -0.0619 e. The van der Waals surface area contributed by atoms with Crippen LogP contribution in [0.5, 0.6) is 0 Å². The van der Waals surface area contributed by atoms with E-state index in [9.17, 15) is 0 Å². The SMILES string of the molecule is c1ccc([S+](c2ccccc2)c2ccc(C3CCCC3)cc2)cc1. The summed E-state index contributed by atoms with van der Waals surface area (Å²) < 4.78 is 0. The first kappa shape index (κ1) is 15.5. The highest BCUT2D eigenvalue weighted by Gasteiger charge is 2.28. The summed E-state index contributed by atoms with van der Waals surface area (Å²) in [7, 11) is -0.0244. The maximum atomic E-state index is 2.37.